The summed E-state index contributed by atoms with van der Waals surface area (Å²) in [5, 5.41) is 3.21. The Morgan fingerprint density at radius 1 is 1.10 bits per heavy atom. The van der Waals surface area contributed by atoms with Crippen LogP contribution in [0, 0.1) is 6.92 Å². The van der Waals surface area contributed by atoms with Crippen LogP contribution >= 0.6 is 11.6 Å². The lowest BCUT2D eigenvalue weighted by atomic mass is 10.2. The first-order chi connectivity index (χ1) is 10.2. The largest absolute Gasteiger partial charge is 0.488 e. The molecule has 0 bridgehead atoms. The Morgan fingerprint density at radius 2 is 1.81 bits per heavy atom. The summed E-state index contributed by atoms with van der Waals surface area (Å²) in [5.41, 5.74) is 1.70. The van der Waals surface area contributed by atoms with Gasteiger partial charge in [0.2, 0.25) is 0 Å². The van der Waals surface area contributed by atoms with Gasteiger partial charge in [0.1, 0.15) is 19.0 Å². The molecular formula is C16H16ClNO3. The number of para-hydroxylation sites is 2. The lowest BCUT2D eigenvalue weighted by Gasteiger charge is -2.10. The molecule has 21 heavy (non-hydrogen) atoms. The van der Waals surface area contributed by atoms with Crippen LogP contribution in [0.3, 0.4) is 0 Å². The minimum absolute atomic E-state index is 0.142. The molecule has 2 rings (SSSR count). The Morgan fingerprint density at radius 3 is 2.57 bits per heavy atom. The van der Waals surface area contributed by atoms with Crippen molar-refractivity contribution in [3.05, 3.63) is 59.1 Å². The molecule has 0 heterocycles. The van der Waals surface area contributed by atoms with E-state index in [2.05, 4.69) is 5.32 Å². The number of anilines is 1. The smallest absolute Gasteiger partial charge is 0.411 e. The molecule has 0 fully saturated rings. The average molecular weight is 306 g/mol. The molecule has 110 valence electrons. The molecule has 0 unspecified atom stereocenters. The van der Waals surface area contributed by atoms with Crippen LogP contribution in [0.25, 0.3) is 0 Å². The van der Waals surface area contributed by atoms with E-state index in [0.717, 1.165) is 11.3 Å². The predicted octanol–water partition coefficient (Wildman–Crippen LogP) is 4.28. The van der Waals surface area contributed by atoms with Crippen LogP contribution in [0.1, 0.15) is 5.56 Å². The van der Waals surface area contributed by atoms with E-state index in [-0.39, 0.29) is 13.2 Å². The van der Waals surface area contributed by atoms with Gasteiger partial charge in [0, 0.05) is 5.69 Å². The zero-order valence-corrected chi connectivity index (χ0v) is 12.4. The van der Waals surface area contributed by atoms with E-state index in [9.17, 15) is 4.79 Å². The number of amides is 1. The number of aryl methyl sites for hydroxylation is 1. The number of nitrogens with one attached hydrogen (secondary N) is 1. The third kappa shape index (κ3) is 4.68. The highest BCUT2D eigenvalue weighted by Crippen LogP contribution is 2.22. The first-order valence-corrected chi connectivity index (χ1v) is 6.91. The molecule has 4 nitrogen and oxygen atoms in total. The van der Waals surface area contributed by atoms with Gasteiger partial charge in [0.15, 0.2) is 0 Å². The van der Waals surface area contributed by atoms with Gasteiger partial charge in [-0.3, -0.25) is 5.32 Å². The number of ether oxygens (including phenoxy) is 2. The molecule has 0 aliphatic heterocycles. The van der Waals surface area contributed by atoms with Gasteiger partial charge in [-0.15, -0.1) is 0 Å². The normalized spacial score (nSPS) is 10.0. The first kappa shape index (κ1) is 15.2. The summed E-state index contributed by atoms with van der Waals surface area (Å²) in [4.78, 5) is 11.6. The van der Waals surface area contributed by atoms with Crippen LogP contribution in [0.2, 0.25) is 5.02 Å². The van der Waals surface area contributed by atoms with E-state index in [1.165, 1.54) is 0 Å². The van der Waals surface area contributed by atoms with Crippen molar-refractivity contribution in [2.45, 2.75) is 6.92 Å². The van der Waals surface area contributed by atoms with Crippen molar-refractivity contribution in [3.8, 4) is 5.75 Å². The molecule has 0 aliphatic carbocycles. The monoisotopic (exact) mass is 305 g/mol. The molecule has 0 radical (unpaired) electrons. The van der Waals surface area contributed by atoms with Crippen LogP contribution < -0.4 is 10.1 Å². The molecule has 0 aromatic heterocycles. The van der Waals surface area contributed by atoms with Crippen molar-refractivity contribution < 1.29 is 14.3 Å². The molecule has 1 amide bonds. The third-order valence-electron chi connectivity index (χ3n) is 2.79. The van der Waals surface area contributed by atoms with Gasteiger partial charge in [-0.05, 0) is 30.7 Å². The van der Waals surface area contributed by atoms with Gasteiger partial charge in [0.25, 0.3) is 0 Å². The number of halogens is 1. The molecule has 0 saturated heterocycles. The number of rotatable bonds is 5. The fourth-order valence-electron chi connectivity index (χ4n) is 1.71. The predicted molar refractivity (Wildman–Crippen MR) is 83.1 cm³/mol. The molecule has 1 N–H and O–H groups in total. The van der Waals surface area contributed by atoms with E-state index in [1.54, 1.807) is 12.1 Å². The molecule has 0 aliphatic rings. The van der Waals surface area contributed by atoms with E-state index >= 15 is 0 Å². The zero-order valence-electron chi connectivity index (χ0n) is 11.6. The summed E-state index contributed by atoms with van der Waals surface area (Å²) in [6.07, 6.45) is -0.507. The number of hydrogen-bond acceptors (Lipinski definition) is 3. The topological polar surface area (TPSA) is 47.6 Å². The van der Waals surface area contributed by atoms with Crippen molar-refractivity contribution in [1.82, 2.24) is 0 Å². The molecule has 0 saturated carbocycles. The molecule has 0 atom stereocenters. The van der Waals surface area contributed by atoms with Crippen molar-refractivity contribution in [3.63, 3.8) is 0 Å². The van der Waals surface area contributed by atoms with Crippen LogP contribution in [0.5, 0.6) is 5.75 Å². The summed E-state index contributed by atoms with van der Waals surface area (Å²) in [6, 6.07) is 14.6. The van der Waals surface area contributed by atoms with Crippen LogP contribution in [0.15, 0.2) is 48.5 Å². The second kappa shape index (κ2) is 7.55. The Balaban J connectivity index is 1.73. The Kier molecular flexibility index (Phi) is 5.46. The van der Waals surface area contributed by atoms with E-state index in [0.29, 0.717) is 10.8 Å². The van der Waals surface area contributed by atoms with Crippen molar-refractivity contribution in [2.75, 3.05) is 18.5 Å². The van der Waals surface area contributed by atoms with Gasteiger partial charge in [-0.1, -0.05) is 41.9 Å². The second-order valence-corrected chi connectivity index (χ2v) is 4.76. The zero-order chi connectivity index (χ0) is 15.1. The summed E-state index contributed by atoms with van der Waals surface area (Å²) >= 11 is 5.95. The molecule has 0 spiro atoms. The van der Waals surface area contributed by atoms with Crippen molar-refractivity contribution >= 4 is 23.4 Å². The lowest BCUT2D eigenvalue weighted by Crippen LogP contribution is -2.18. The third-order valence-corrected chi connectivity index (χ3v) is 3.10. The van der Waals surface area contributed by atoms with Gasteiger partial charge in [0.05, 0.1) is 5.02 Å². The maximum Gasteiger partial charge on any atom is 0.411 e. The van der Waals surface area contributed by atoms with E-state index in [1.807, 2.05) is 43.3 Å². The number of carbonyl (C=O) groups is 1. The van der Waals surface area contributed by atoms with Crippen molar-refractivity contribution in [1.29, 1.82) is 0 Å². The number of carbonyl (C=O) groups excluding carboxylic acids is 1. The Bertz CT molecular complexity index is 616. The maximum absolute atomic E-state index is 11.6. The fraction of sp³-hybridized carbons (Fsp3) is 0.188. The highest BCUT2D eigenvalue weighted by atomic mass is 35.5. The maximum atomic E-state index is 11.6. The number of benzene rings is 2. The van der Waals surface area contributed by atoms with Gasteiger partial charge < -0.3 is 9.47 Å². The Labute approximate surface area is 128 Å². The van der Waals surface area contributed by atoms with Crippen LogP contribution in [-0.4, -0.2) is 19.3 Å². The number of hydrogen-bond donors (Lipinski definition) is 1. The average Bonchev–Trinajstić information content (AvgIpc) is 2.48. The minimum Gasteiger partial charge on any atom is -0.488 e. The molecule has 2 aromatic carbocycles. The van der Waals surface area contributed by atoms with Gasteiger partial charge >= 0.3 is 6.09 Å². The molecular weight excluding hydrogens is 290 g/mol. The lowest BCUT2D eigenvalue weighted by molar-refractivity contribution is 0.138. The van der Waals surface area contributed by atoms with Gasteiger partial charge in [-0.2, -0.15) is 0 Å². The van der Waals surface area contributed by atoms with Gasteiger partial charge in [-0.25, -0.2) is 4.79 Å². The molecule has 5 heteroatoms. The van der Waals surface area contributed by atoms with E-state index in [4.69, 9.17) is 21.1 Å². The van der Waals surface area contributed by atoms with Crippen LogP contribution in [-0.2, 0) is 4.74 Å². The van der Waals surface area contributed by atoms with Crippen molar-refractivity contribution in [2.24, 2.45) is 0 Å². The highest BCUT2D eigenvalue weighted by molar-refractivity contribution is 6.32. The van der Waals surface area contributed by atoms with Crippen LogP contribution in [0.4, 0.5) is 10.5 Å². The molecule has 2 aromatic rings. The second-order valence-electron chi connectivity index (χ2n) is 4.35. The summed E-state index contributed by atoms with van der Waals surface area (Å²) in [6.45, 7) is 2.30. The minimum atomic E-state index is -0.507. The standard InChI is InChI=1S/C16H16ClNO3/c1-12-6-2-4-8-14(12)18-16(19)21-11-10-20-15-9-5-3-7-13(15)17/h2-9H,10-11H2,1H3,(H,18,19). The summed E-state index contributed by atoms with van der Waals surface area (Å²) in [7, 11) is 0. The highest BCUT2D eigenvalue weighted by Gasteiger charge is 2.05. The summed E-state index contributed by atoms with van der Waals surface area (Å²) in [5.74, 6) is 0.571. The van der Waals surface area contributed by atoms with E-state index < -0.39 is 6.09 Å². The Hall–Kier alpha value is -2.20. The summed E-state index contributed by atoms with van der Waals surface area (Å²) < 4.78 is 10.5. The fourth-order valence-corrected chi connectivity index (χ4v) is 1.90. The first-order valence-electron chi connectivity index (χ1n) is 6.53. The SMILES string of the molecule is Cc1ccccc1NC(=O)OCCOc1ccccc1Cl. The quantitative estimate of drug-likeness (QED) is 0.839.